The number of halogens is 1. The lowest BCUT2D eigenvalue weighted by Gasteiger charge is -2.38. The molecule has 0 saturated carbocycles. The average Bonchev–Trinajstić information content (AvgIpc) is 3.50. The summed E-state index contributed by atoms with van der Waals surface area (Å²) >= 11 is 8.35. The van der Waals surface area contributed by atoms with Gasteiger partial charge in [0, 0.05) is 57.3 Å². The van der Waals surface area contributed by atoms with E-state index in [4.69, 9.17) is 11.6 Å². The normalized spacial score (nSPS) is 18.3. The monoisotopic (exact) mass is 555 g/mol. The third kappa shape index (κ3) is 4.87. The van der Waals surface area contributed by atoms with E-state index >= 15 is 0 Å². The molecule has 2 fully saturated rings. The first-order valence-corrected chi connectivity index (χ1v) is 14.5. The molecule has 35 heavy (non-hydrogen) atoms. The maximum atomic E-state index is 13.1. The van der Waals surface area contributed by atoms with Crippen LogP contribution in [-0.2, 0) is 14.8 Å². The van der Waals surface area contributed by atoms with E-state index < -0.39 is 14.9 Å². The predicted molar refractivity (Wildman–Crippen MR) is 136 cm³/mol. The van der Waals surface area contributed by atoms with Gasteiger partial charge in [-0.1, -0.05) is 22.9 Å². The molecule has 0 bridgehead atoms. The minimum atomic E-state index is -3.58. The van der Waals surface area contributed by atoms with Crippen LogP contribution in [0.25, 0.3) is 10.2 Å². The standard InChI is InChI=1S/C21H22ClN5O5S3/c22-18-3-4-19(34-18)35(31,32)26-7-5-14(6-8-26)20(28)24-9-11-25(12-10-24)21-23-16-2-1-15(27(29)30)13-17(16)33-21/h1-4,13-14H,5-12H2. The number of carbonyl (C=O) groups is 1. The van der Waals surface area contributed by atoms with Gasteiger partial charge in [-0.15, -0.1) is 11.3 Å². The number of nitro groups is 1. The molecular weight excluding hydrogens is 534 g/mol. The number of fused-ring (bicyclic) bond motifs is 1. The lowest BCUT2D eigenvalue weighted by molar-refractivity contribution is -0.384. The van der Waals surface area contributed by atoms with Gasteiger partial charge in [0.05, 0.1) is 19.5 Å². The van der Waals surface area contributed by atoms with Crippen molar-refractivity contribution in [2.24, 2.45) is 5.92 Å². The number of nitrogens with zero attached hydrogens (tertiary/aromatic N) is 5. The molecule has 1 aromatic carbocycles. The number of sulfonamides is 1. The molecule has 10 nitrogen and oxygen atoms in total. The molecule has 1 amide bonds. The highest BCUT2D eigenvalue weighted by Crippen LogP contribution is 2.33. The molecule has 0 spiro atoms. The van der Waals surface area contributed by atoms with Gasteiger partial charge >= 0.3 is 0 Å². The number of non-ortho nitro benzene ring substituents is 1. The second-order valence-electron chi connectivity index (χ2n) is 8.45. The van der Waals surface area contributed by atoms with Crippen molar-refractivity contribution in [1.82, 2.24) is 14.2 Å². The number of amides is 1. The molecule has 3 aromatic rings. The van der Waals surface area contributed by atoms with E-state index in [9.17, 15) is 23.3 Å². The molecule has 2 saturated heterocycles. The van der Waals surface area contributed by atoms with Gasteiger partial charge in [0.15, 0.2) is 5.13 Å². The van der Waals surface area contributed by atoms with Crippen LogP contribution in [-0.4, -0.2) is 72.7 Å². The molecule has 186 valence electrons. The molecule has 2 aliphatic heterocycles. The zero-order valence-electron chi connectivity index (χ0n) is 18.5. The summed E-state index contributed by atoms with van der Waals surface area (Å²) < 4.78 is 28.5. The summed E-state index contributed by atoms with van der Waals surface area (Å²) in [6.07, 6.45) is 0.988. The Morgan fingerprint density at radius 2 is 1.77 bits per heavy atom. The SMILES string of the molecule is O=C(C1CCN(S(=O)(=O)c2ccc(Cl)s2)CC1)N1CCN(c2nc3ccc([N+](=O)[O-])cc3s2)CC1. The maximum Gasteiger partial charge on any atom is 0.270 e. The summed E-state index contributed by atoms with van der Waals surface area (Å²) in [5.41, 5.74) is 0.766. The van der Waals surface area contributed by atoms with Crippen LogP contribution in [0.3, 0.4) is 0 Å². The van der Waals surface area contributed by atoms with E-state index in [1.54, 1.807) is 12.1 Å². The topological polar surface area (TPSA) is 117 Å². The fourth-order valence-electron chi connectivity index (χ4n) is 4.43. The molecule has 4 heterocycles. The summed E-state index contributed by atoms with van der Waals surface area (Å²) in [5.74, 6) is -0.122. The van der Waals surface area contributed by atoms with Crippen LogP contribution in [0.15, 0.2) is 34.5 Å². The van der Waals surface area contributed by atoms with E-state index in [-0.39, 0.29) is 21.7 Å². The van der Waals surface area contributed by atoms with Crippen molar-refractivity contribution in [3.05, 3.63) is 44.8 Å². The van der Waals surface area contributed by atoms with Crippen molar-refractivity contribution in [2.45, 2.75) is 17.1 Å². The number of anilines is 1. The van der Waals surface area contributed by atoms with Crippen LogP contribution in [0.1, 0.15) is 12.8 Å². The number of carbonyl (C=O) groups excluding carboxylic acids is 1. The third-order valence-electron chi connectivity index (χ3n) is 6.38. The largest absolute Gasteiger partial charge is 0.345 e. The van der Waals surface area contributed by atoms with Gasteiger partial charge in [-0.3, -0.25) is 14.9 Å². The highest BCUT2D eigenvalue weighted by Gasteiger charge is 2.35. The molecule has 0 unspecified atom stereocenters. The van der Waals surface area contributed by atoms with Crippen LogP contribution in [0.5, 0.6) is 0 Å². The van der Waals surface area contributed by atoms with Crippen LogP contribution in [0, 0.1) is 16.0 Å². The van der Waals surface area contributed by atoms with Crippen LogP contribution in [0.4, 0.5) is 10.8 Å². The number of piperidine rings is 1. The number of aromatic nitrogens is 1. The van der Waals surface area contributed by atoms with Crippen molar-refractivity contribution in [3.8, 4) is 0 Å². The molecule has 0 N–H and O–H groups in total. The van der Waals surface area contributed by atoms with E-state index in [2.05, 4.69) is 9.88 Å². The summed E-state index contributed by atoms with van der Waals surface area (Å²) in [6.45, 7) is 2.99. The molecular formula is C21H22ClN5O5S3. The zero-order chi connectivity index (χ0) is 24.7. The number of thiophene rings is 1. The van der Waals surface area contributed by atoms with Crippen molar-refractivity contribution in [3.63, 3.8) is 0 Å². The summed E-state index contributed by atoms with van der Waals surface area (Å²) in [7, 11) is -3.58. The Kier molecular flexibility index (Phi) is 6.70. The first kappa shape index (κ1) is 24.4. The molecule has 0 atom stereocenters. The van der Waals surface area contributed by atoms with Crippen LogP contribution in [0.2, 0.25) is 4.34 Å². The molecule has 2 aliphatic rings. The molecule has 5 rings (SSSR count). The quantitative estimate of drug-likeness (QED) is 0.348. The zero-order valence-corrected chi connectivity index (χ0v) is 21.7. The lowest BCUT2D eigenvalue weighted by atomic mass is 9.96. The van der Waals surface area contributed by atoms with Crippen molar-refractivity contribution >= 4 is 71.2 Å². The lowest BCUT2D eigenvalue weighted by Crippen LogP contribution is -2.52. The van der Waals surface area contributed by atoms with Gasteiger partial charge in [0.25, 0.3) is 15.7 Å². The average molecular weight is 556 g/mol. The van der Waals surface area contributed by atoms with Gasteiger partial charge in [0.2, 0.25) is 5.91 Å². The van der Waals surface area contributed by atoms with Crippen LogP contribution < -0.4 is 4.90 Å². The van der Waals surface area contributed by atoms with Gasteiger partial charge in [-0.2, -0.15) is 4.31 Å². The van der Waals surface area contributed by atoms with Gasteiger partial charge in [0.1, 0.15) is 4.21 Å². The number of hydrogen-bond acceptors (Lipinski definition) is 9. The Hall–Kier alpha value is -2.32. The number of piperazine rings is 1. The van der Waals surface area contributed by atoms with Gasteiger partial charge in [-0.05, 0) is 31.0 Å². The van der Waals surface area contributed by atoms with E-state index in [1.165, 1.54) is 33.8 Å². The molecule has 2 aromatic heterocycles. The molecule has 14 heteroatoms. The Morgan fingerprint density at radius 3 is 2.40 bits per heavy atom. The number of benzene rings is 1. The Morgan fingerprint density at radius 1 is 1.06 bits per heavy atom. The van der Waals surface area contributed by atoms with Crippen molar-refractivity contribution in [1.29, 1.82) is 0 Å². The highest BCUT2D eigenvalue weighted by atomic mass is 35.5. The Labute approximate surface area is 214 Å². The summed E-state index contributed by atoms with van der Waals surface area (Å²) in [5, 5.41) is 11.8. The fourth-order valence-corrected chi connectivity index (χ4v) is 8.59. The number of rotatable bonds is 5. The van der Waals surface area contributed by atoms with E-state index in [0.29, 0.717) is 56.4 Å². The van der Waals surface area contributed by atoms with E-state index in [1.807, 2.05) is 4.90 Å². The molecule has 0 aliphatic carbocycles. The minimum Gasteiger partial charge on any atom is -0.345 e. The number of nitro benzene ring substituents is 1. The number of thiazole rings is 1. The third-order valence-corrected chi connectivity index (χ3v) is 11.1. The van der Waals surface area contributed by atoms with Crippen molar-refractivity contribution in [2.75, 3.05) is 44.2 Å². The summed E-state index contributed by atoms with van der Waals surface area (Å²) in [6, 6.07) is 7.75. The van der Waals surface area contributed by atoms with Gasteiger partial charge < -0.3 is 9.80 Å². The van der Waals surface area contributed by atoms with Crippen LogP contribution >= 0.6 is 34.3 Å². The van der Waals surface area contributed by atoms with E-state index in [0.717, 1.165) is 26.7 Å². The highest BCUT2D eigenvalue weighted by molar-refractivity contribution is 7.91. The smallest absolute Gasteiger partial charge is 0.270 e. The minimum absolute atomic E-state index is 0.0427. The van der Waals surface area contributed by atoms with Gasteiger partial charge in [-0.25, -0.2) is 13.4 Å². The first-order valence-electron chi connectivity index (χ1n) is 11.1. The second kappa shape index (κ2) is 9.62. The Bertz CT molecular complexity index is 1370. The number of hydrogen-bond donors (Lipinski definition) is 0. The predicted octanol–water partition coefficient (Wildman–Crippen LogP) is 3.67. The first-order chi connectivity index (χ1) is 16.7. The van der Waals surface area contributed by atoms with Crippen molar-refractivity contribution < 1.29 is 18.1 Å². The fraction of sp³-hybridized carbons (Fsp3) is 0.429. The second-order valence-corrected chi connectivity index (χ2v) is 13.3. The summed E-state index contributed by atoms with van der Waals surface area (Å²) in [4.78, 5) is 32.3. The Balaban J connectivity index is 1.16. The maximum absolute atomic E-state index is 13.1. The molecule has 0 radical (unpaired) electrons.